The molecular weight excluding hydrogens is 625 g/mol. The van der Waals surface area contributed by atoms with Gasteiger partial charge in [0.05, 0.1) is 24.0 Å². The number of rotatable bonds is 7. The topological polar surface area (TPSA) is 110 Å². The summed E-state index contributed by atoms with van der Waals surface area (Å²) in [6.45, 7) is 4.60. The van der Waals surface area contributed by atoms with Crippen LogP contribution in [0.15, 0.2) is 36.4 Å². The van der Waals surface area contributed by atoms with Gasteiger partial charge in [-0.05, 0) is 85.9 Å². The van der Waals surface area contributed by atoms with Crippen LogP contribution in [0, 0.1) is 5.41 Å². The van der Waals surface area contributed by atoms with Crippen LogP contribution in [0.1, 0.15) is 111 Å². The summed E-state index contributed by atoms with van der Waals surface area (Å²) in [4.78, 5) is 30.5. The third-order valence-electron chi connectivity index (χ3n) is 12.2. The number of piperazine rings is 1. The second kappa shape index (κ2) is 11.9. The summed E-state index contributed by atoms with van der Waals surface area (Å²) in [5.41, 5.74) is 5.43. The molecule has 0 radical (unpaired) electrons. The van der Waals surface area contributed by atoms with Crippen LogP contribution in [0.2, 0.25) is 0 Å². The van der Waals surface area contributed by atoms with Crippen LogP contribution in [0.25, 0.3) is 22.2 Å². The number of sulfonamides is 1. The molecule has 2 N–H and O–H groups in total. The molecule has 4 fully saturated rings. The zero-order valence-electron chi connectivity index (χ0n) is 28.3. The second-order valence-corrected chi connectivity index (χ2v) is 17.0. The van der Waals surface area contributed by atoms with E-state index in [9.17, 15) is 18.0 Å². The van der Waals surface area contributed by atoms with Crippen molar-refractivity contribution in [2.24, 2.45) is 5.41 Å². The first kappa shape index (κ1) is 31.9. The molecule has 3 aromatic rings. The highest BCUT2D eigenvalue weighted by Gasteiger charge is 2.64. The lowest BCUT2D eigenvalue weighted by Gasteiger charge is -2.43. The zero-order chi connectivity index (χ0) is 33.3. The maximum Gasteiger partial charge on any atom is 0.264 e. The van der Waals surface area contributed by atoms with Crippen LogP contribution in [-0.4, -0.2) is 67.7 Å². The summed E-state index contributed by atoms with van der Waals surface area (Å²) in [5.74, 6) is 0.759. The molecule has 2 aliphatic heterocycles. The summed E-state index contributed by atoms with van der Waals surface area (Å²) in [6.07, 6.45) is 11.6. The number of carbonyl (C=O) groups excluding carboxylic acids is 2. The van der Waals surface area contributed by atoms with Crippen molar-refractivity contribution >= 4 is 32.7 Å². The van der Waals surface area contributed by atoms with Gasteiger partial charge in [0.15, 0.2) is 0 Å². The normalized spacial score (nSPS) is 24.9. The van der Waals surface area contributed by atoms with E-state index in [1.807, 2.05) is 18.2 Å². The molecule has 1 aromatic heterocycles. The number of hydrogen-bond acceptors (Lipinski definition) is 6. The molecule has 1 spiro atoms. The number of amides is 2. The van der Waals surface area contributed by atoms with Crippen LogP contribution >= 0.6 is 0 Å². The largest absolute Gasteiger partial charge is 0.497 e. The molecule has 2 unspecified atom stereocenters. The van der Waals surface area contributed by atoms with Crippen LogP contribution in [0.3, 0.4) is 0 Å². The van der Waals surface area contributed by atoms with Gasteiger partial charge in [0.25, 0.3) is 5.91 Å². The zero-order valence-corrected chi connectivity index (χ0v) is 29.1. The molecule has 3 aliphatic carbocycles. The van der Waals surface area contributed by atoms with Gasteiger partial charge in [-0.1, -0.05) is 45.1 Å². The van der Waals surface area contributed by atoms with Crippen molar-refractivity contribution in [1.82, 2.24) is 19.5 Å². The maximum absolute atomic E-state index is 14.9. The molecular formula is C38H48N4O5S. The number of nitrogens with zero attached hydrogens (tertiary/aromatic N) is 2. The SMILES string of the molecule is CCCS(=O)(=O)NC(=O)c1ccc2c(C3CCCCC3)c3n(c2c1)CC1(C(=O)N2CCNC4(CCCC4)C2)CC1c1cc(OC)ccc1-3. The summed E-state index contributed by atoms with van der Waals surface area (Å²) < 4.78 is 35.5. The van der Waals surface area contributed by atoms with Crippen LogP contribution in [-0.2, 0) is 21.4 Å². The highest BCUT2D eigenvalue weighted by molar-refractivity contribution is 7.90. The van der Waals surface area contributed by atoms with E-state index < -0.39 is 21.3 Å². The van der Waals surface area contributed by atoms with Crippen molar-refractivity contribution in [3.05, 3.63) is 53.1 Å². The van der Waals surface area contributed by atoms with E-state index in [1.165, 1.54) is 43.2 Å². The number of hydrogen-bond donors (Lipinski definition) is 2. The Morgan fingerprint density at radius 1 is 1.02 bits per heavy atom. The fraction of sp³-hybridized carbons (Fsp3) is 0.579. The summed E-state index contributed by atoms with van der Waals surface area (Å²) in [6, 6.07) is 12.0. The molecule has 10 heteroatoms. The predicted octanol–water partition coefficient (Wildman–Crippen LogP) is 6.07. The average Bonchev–Trinajstić information content (AvgIpc) is 3.55. The molecule has 2 aromatic carbocycles. The number of fused-ring (bicyclic) bond motifs is 7. The van der Waals surface area contributed by atoms with Crippen molar-refractivity contribution in [1.29, 1.82) is 0 Å². The average molecular weight is 673 g/mol. The van der Waals surface area contributed by atoms with Gasteiger partial charge >= 0.3 is 0 Å². The minimum Gasteiger partial charge on any atom is -0.497 e. The van der Waals surface area contributed by atoms with E-state index in [4.69, 9.17) is 4.74 Å². The lowest BCUT2D eigenvalue weighted by atomic mass is 9.81. The van der Waals surface area contributed by atoms with Gasteiger partial charge in [0.1, 0.15) is 5.75 Å². The molecule has 1 saturated heterocycles. The van der Waals surface area contributed by atoms with Gasteiger partial charge in [-0.15, -0.1) is 0 Å². The lowest BCUT2D eigenvalue weighted by Crippen LogP contribution is -2.61. The molecule has 9 nitrogen and oxygen atoms in total. The monoisotopic (exact) mass is 672 g/mol. The highest BCUT2D eigenvalue weighted by atomic mass is 32.2. The molecule has 48 heavy (non-hydrogen) atoms. The van der Waals surface area contributed by atoms with Gasteiger partial charge in [0, 0.05) is 59.7 Å². The molecule has 2 amide bonds. The minimum atomic E-state index is -3.73. The van der Waals surface area contributed by atoms with Crippen LogP contribution in [0.5, 0.6) is 5.75 Å². The number of carbonyl (C=O) groups is 2. The number of ether oxygens (including phenoxy) is 1. The van der Waals surface area contributed by atoms with E-state index in [-0.39, 0.29) is 23.1 Å². The molecule has 5 aliphatic rings. The Hall–Kier alpha value is -3.37. The number of methoxy groups -OCH3 is 1. The first-order chi connectivity index (χ1) is 23.2. The fourth-order valence-electron chi connectivity index (χ4n) is 9.77. The Kier molecular flexibility index (Phi) is 7.90. The third-order valence-corrected chi connectivity index (χ3v) is 13.6. The second-order valence-electron chi connectivity index (χ2n) is 15.2. The van der Waals surface area contributed by atoms with Crippen LogP contribution < -0.4 is 14.8 Å². The minimum absolute atomic E-state index is 0.0284. The van der Waals surface area contributed by atoms with Gasteiger partial charge in [-0.25, -0.2) is 13.1 Å². The maximum atomic E-state index is 14.9. The molecule has 0 bridgehead atoms. The molecule has 3 heterocycles. The van der Waals surface area contributed by atoms with E-state index in [0.29, 0.717) is 31.0 Å². The van der Waals surface area contributed by atoms with Crippen molar-refractivity contribution in [2.45, 2.75) is 101 Å². The number of nitrogens with one attached hydrogen (secondary N) is 2. The molecule has 3 saturated carbocycles. The third kappa shape index (κ3) is 5.25. The van der Waals surface area contributed by atoms with Crippen LogP contribution in [0.4, 0.5) is 0 Å². The van der Waals surface area contributed by atoms with Crippen molar-refractivity contribution in [3.8, 4) is 17.0 Å². The standard InChI is InChI=1S/C38H48N4O5S/c1-3-19-48(45,46)40-35(43)26-11-13-29-32(20-26)42-24-38(36(44)41-18-17-39-37(23-41)15-7-8-16-37)22-31(38)30-21-27(47-2)12-14-28(30)34(42)33(29)25-9-5-4-6-10-25/h11-14,20-21,25,31,39H,3-10,15-19,22-24H2,1-2H3,(H,40,43). The quantitative estimate of drug-likeness (QED) is 0.316. The first-order valence-corrected chi connectivity index (χ1v) is 19.8. The Labute approximate surface area is 283 Å². The van der Waals surface area contributed by atoms with Gasteiger partial charge in [-0.2, -0.15) is 0 Å². The molecule has 256 valence electrons. The fourth-order valence-corrected chi connectivity index (χ4v) is 10.8. The smallest absolute Gasteiger partial charge is 0.264 e. The number of aromatic nitrogens is 1. The molecule has 8 rings (SSSR count). The van der Waals surface area contributed by atoms with E-state index in [0.717, 1.165) is 73.1 Å². The predicted molar refractivity (Wildman–Crippen MR) is 187 cm³/mol. The Balaban J connectivity index is 1.29. The van der Waals surface area contributed by atoms with Gasteiger partial charge in [-0.3, -0.25) is 9.59 Å². The van der Waals surface area contributed by atoms with Crippen molar-refractivity contribution < 1.29 is 22.7 Å². The van der Waals surface area contributed by atoms with Crippen molar-refractivity contribution in [3.63, 3.8) is 0 Å². The van der Waals surface area contributed by atoms with E-state index in [1.54, 1.807) is 20.1 Å². The van der Waals surface area contributed by atoms with E-state index >= 15 is 0 Å². The van der Waals surface area contributed by atoms with Crippen molar-refractivity contribution in [2.75, 3.05) is 32.5 Å². The van der Waals surface area contributed by atoms with Gasteiger partial charge in [0.2, 0.25) is 15.9 Å². The Morgan fingerprint density at radius 2 is 1.81 bits per heavy atom. The molecule has 2 atom stereocenters. The number of benzene rings is 2. The lowest BCUT2D eigenvalue weighted by molar-refractivity contribution is -0.140. The Bertz CT molecular complexity index is 1890. The van der Waals surface area contributed by atoms with E-state index in [2.05, 4.69) is 31.6 Å². The first-order valence-electron chi connectivity index (χ1n) is 18.1. The van der Waals surface area contributed by atoms with Gasteiger partial charge < -0.3 is 19.5 Å². The highest BCUT2D eigenvalue weighted by Crippen LogP contribution is 2.66. The summed E-state index contributed by atoms with van der Waals surface area (Å²) in [5, 5.41) is 4.87. The Morgan fingerprint density at radius 3 is 2.56 bits per heavy atom. The summed E-state index contributed by atoms with van der Waals surface area (Å²) in [7, 11) is -2.04. The summed E-state index contributed by atoms with van der Waals surface area (Å²) >= 11 is 0.